The van der Waals surface area contributed by atoms with Crippen LogP contribution < -0.4 is 4.90 Å². The number of amides is 2. The van der Waals surface area contributed by atoms with Crippen LogP contribution in [0.25, 0.3) is 0 Å². The van der Waals surface area contributed by atoms with Crippen molar-refractivity contribution < 1.29 is 18.4 Å². The molecule has 0 aromatic heterocycles. The Labute approximate surface area is 138 Å². The molecular formula is C18H16F2N2O2. The van der Waals surface area contributed by atoms with E-state index in [4.69, 9.17) is 0 Å². The molecule has 0 bridgehead atoms. The molecule has 2 aromatic carbocycles. The average Bonchev–Trinajstić information content (AvgIpc) is 2.58. The molecule has 1 atom stereocenters. The molecule has 1 unspecified atom stereocenters. The summed E-state index contributed by atoms with van der Waals surface area (Å²) >= 11 is 0. The van der Waals surface area contributed by atoms with Gasteiger partial charge < -0.3 is 9.80 Å². The van der Waals surface area contributed by atoms with Gasteiger partial charge >= 0.3 is 0 Å². The Balaban J connectivity index is 1.79. The Bertz CT molecular complexity index is 777. The molecule has 0 spiro atoms. The van der Waals surface area contributed by atoms with Crippen molar-refractivity contribution in [1.29, 1.82) is 0 Å². The molecule has 3 rings (SSSR count). The predicted octanol–water partition coefficient (Wildman–Crippen LogP) is 2.84. The van der Waals surface area contributed by atoms with Crippen LogP contribution in [0.5, 0.6) is 0 Å². The van der Waals surface area contributed by atoms with Crippen molar-refractivity contribution in [3.63, 3.8) is 0 Å². The Kier molecular flexibility index (Phi) is 4.29. The number of halogens is 2. The maximum atomic E-state index is 13.3. The van der Waals surface area contributed by atoms with Crippen molar-refractivity contribution >= 4 is 17.5 Å². The van der Waals surface area contributed by atoms with E-state index in [1.54, 1.807) is 6.92 Å². The summed E-state index contributed by atoms with van der Waals surface area (Å²) in [5.41, 5.74) is 0.802. The van der Waals surface area contributed by atoms with Crippen molar-refractivity contribution in [2.24, 2.45) is 0 Å². The lowest BCUT2D eigenvalue weighted by atomic mass is 10.1. The first kappa shape index (κ1) is 16.1. The van der Waals surface area contributed by atoms with E-state index in [-0.39, 0.29) is 23.2 Å². The van der Waals surface area contributed by atoms with E-state index < -0.39 is 11.9 Å². The number of carbonyl (C=O) groups excluding carboxylic acids is 2. The first-order chi connectivity index (χ1) is 11.5. The maximum absolute atomic E-state index is 13.3. The van der Waals surface area contributed by atoms with Crippen LogP contribution in [0.15, 0.2) is 48.5 Å². The average molecular weight is 330 g/mol. The number of piperazine rings is 1. The third-order valence-corrected chi connectivity index (χ3v) is 4.13. The highest BCUT2D eigenvalue weighted by molar-refractivity contribution is 6.03. The summed E-state index contributed by atoms with van der Waals surface area (Å²) in [6.07, 6.45) is 0. The largest absolute Gasteiger partial charge is 0.325 e. The van der Waals surface area contributed by atoms with Crippen LogP contribution in [0, 0.1) is 11.6 Å². The van der Waals surface area contributed by atoms with Gasteiger partial charge in [-0.15, -0.1) is 0 Å². The Hall–Kier alpha value is -2.76. The van der Waals surface area contributed by atoms with Gasteiger partial charge in [0, 0.05) is 24.3 Å². The van der Waals surface area contributed by atoms with Crippen molar-refractivity contribution in [2.45, 2.75) is 13.0 Å². The highest BCUT2D eigenvalue weighted by atomic mass is 19.1. The summed E-state index contributed by atoms with van der Waals surface area (Å²) in [4.78, 5) is 28.1. The van der Waals surface area contributed by atoms with E-state index in [0.29, 0.717) is 18.8 Å². The highest BCUT2D eigenvalue weighted by Gasteiger charge is 2.35. The Morgan fingerprint density at radius 3 is 2.42 bits per heavy atom. The van der Waals surface area contributed by atoms with Crippen LogP contribution in [0.2, 0.25) is 0 Å². The number of anilines is 1. The van der Waals surface area contributed by atoms with Crippen LogP contribution in [-0.4, -0.2) is 35.8 Å². The second-order valence-electron chi connectivity index (χ2n) is 5.65. The standard InChI is InChI=1S/C18H16F2N2O2/c1-12-17(23)22(16-7-5-14(19)6-8-16)10-9-21(12)18(24)13-3-2-4-15(20)11-13/h2-8,11-12H,9-10H2,1H3. The smallest absolute Gasteiger partial charge is 0.254 e. The zero-order valence-electron chi connectivity index (χ0n) is 13.1. The van der Waals surface area contributed by atoms with Gasteiger partial charge in [0.2, 0.25) is 5.91 Å². The maximum Gasteiger partial charge on any atom is 0.254 e. The molecule has 24 heavy (non-hydrogen) atoms. The molecule has 0 saturated carbocycles. The second kappa shape index (κ2) is 6.39. The molecule has 6 heteroatoms. The zero-order chi connectivity index (χ0) is 17.3. The molecule has 2 aromatic rings. The molecule has 0 N–H and O–H groups in total. The van der Waals surface area contributed by atoms with Crippen LogP contribution in [0.1, 0.15) is 17.3 Å². The Morgan fingerprint density at radius 2 is 1.75 bits per heavy atom. The molecular weight excluding hydrogens is 314 g/mol. The normalized spacial score (nSPS) is 18.0. The monoisotopic (exact) mass is 330 g/mol. The number of carbonyl (C=O) groups is 2. The zero-order valence-corrected chi connectivity index (χ0v) is 13.1. The van der Waals surface area contributed by atoms with Crippen molar-refractivity contribution in [3.8, 4) is 0 Å². The molecule has 0 aliphatic carbocycles. The van der Waals surface area contributed by atoms with Crippen molar-refractivity contribution in [1.82, 2.24) is 4.90 Å². The fourth-order valence-electron chi connectivity index (χ4n) is 2.81. The van der Waals surface area contributed by atoms with Gasteiger partial charge in [0.05, 0.1) is 0 Å². The molecule has 1 aliphatic heterocycles. The van der Waals surface area contributed by atoms with Gasteiger partial charge in [-0.1, -0.05) is 6.07 Å². The van der Waals surface area contributed by atoms with Gasteiger partial charge in [-0.2, -0.15) is 0 Å². The van der Waals surface area contributed by atoms with Gasteiger partial charge in [-0.25, -0.2) is 8.78 Å². The summed E-state index contributed by atoms with van der Waals surface area (Å²) < 4.78 is 26.3. The van der Waals surface area contributed by atoms with Crippen molar-refractivity contribution in [2.75, 3.05) is 18.0 Å². The summed E-state index contributed by atoms with van der Waals surface area (Å²) in [5, 5.41) is 0. The van der Waals surface area contributed by atoms with Gasteiger partial charge in [0.25, 0.3) is 5.91 Å². The second-order valence-corrected chi connectivity index (χ2v) is 5.65. The first-order valence-electron chi connectivity index (χ1n) is 7.61. The van der Waals surface area contributed by atoms with Gasteiger partial charge in [-0.3, -0.25) is 9.59 Å². The number of benzene rings is 2. The van der Waals surface area contributed by atoms with Gasteiger partial charge in [0.15, 0.2) is 0 Å². The molecule has 1 saturated heterocycles. The minimum absolute atomic E-state index is 0.213. The lowest BCUT2D eigenvalue weighted by Crippen LogP contribution is -2.57. The van der Waals surface area contributed by atoms with E-state index in [1.165, 1.54) is 52.3 Å². The molecule has 2 amide bonds. The highest BCUT2D eigenvalue weighted by Crippen LogP contribution is 2.22. The van der Waals surface area contributed by atoms with E-state index in [2.05, 4.69) is 0 Å². The lowest BCUT2D eigenvalue weighted by molar-refractivity contribution is -0.124. The first-order valence-corrected chi connectivity index (χ1v) is 7.61. The molecule has 124 valence electrons. The number of hydrogen-bond donors (Lipinski definition) is 0. The lowest BCUT2D eigenvalue weighted by Gasteiger charge is -2.39. The Morgan fingerprint density at radius 1 is 1.04 bits per heavy atom. The molecule has 1 aliphatic rings. The predicted molar refractivity (Wildman–Crippen MR) is 85.7 cm³/mol. The van der Waals surface area contributed by atoms with Crippen LogP contribution in [0.3, 0.4) is 0 Å². The molecule has 1 heterocycles. The van der Waals surface area contributed by atoms with Crippen molar-refractivity contribution in [3.05, 3.63) is 65.7 Å². The van der Waals surface area contributed by atoms with E-state index in [0.717, 1.165) is 6.07 Å². The molecule has 1 fully saturated rings. The number of nitrogens with zero attached hydrogens (tertiary/aromatic N) is 2. The van der Waals surface area contributed by atoms with E-state index >= 15 is 0 Å². The third-order valence-electron chi connectivity index (χ3n) is 4.13. The van der Waals surface area contributed by atoms with Crippen LogP contribution >= 0.6 is 0 Å². The fraction of sp³-hybridized carbons (Fsp3) is 0.222. The van der Waals surface area contributed by atoms with Crippen LogP contribution in [0.4, 0.5) is 14.5 Å². The summed E-state index contributed by atoms with van der Waals surface area (Å²) in [5.74, 6) is -1.50. The fourth-order valence-corrected chi connectivity index (χ4v) is 2.81. The molecule has 0 radical (unpaired) electrons. The quantitative estimate of drug-likeness (QED) is 0.849. The number of hydrogen-bond acceptors (Lipinski definition) is 2. The minimum atomic E-state index is -0.681. The molecule has 4 nitrogen and oxygen atoms in total. The summed E-state index contributed by atoms with van der Waals surface area (Å²) in [6, 6.07) is 10.4. The minimum Gasteiger partial charge on any atom is -0.325 e. The number of rotatable bonds is 2. The SMILES string of the molecule is CC1C(=O)N(c2ccc(F)cc2)CCN1C(=O)c1cccc(F)c1. The van der Waals surface area contributed by atoms with Gasteiger partial charge in [-0.05, 0) is 49.4 Å². The van der Waals surface area contributed by atoms with Gasteiger partial charge in [0.1, 0.15) is 17.7 Å². The van der Waals surface area contributed by atoms with E-state index in [9.17, 15) is 18.4 Å². The summed E-state index contributed by atoms with van der Waals surface area (Å²) in [6.45, 7) is 2.25. The third kappa shape index (κ3) is 2.99. The summed E-state index contributed by atoms with van der Waals surface area (Å²) in [7, 11) is 0. The topological polar surface area (TPSA) is 40.6 Å². The van der Waals surface area contributed by atoms with E-state index in [1.807, 2.05) is 0 Å². The van der Waals surface area contributed by atoms with Crippen LogP contribution in [-0.2, 0) is 4.79 Å².